The molecule has 4 aromatic carbocycles. The molecule has 0 aliphatic carbocycles. The highest BCUT2D eigenvalue weighted by Crippen LogP contribution is 2.47. The minimum atomic E-state index is -1.34. The number of rotatable bonds is 4. The Morgan fingerprint density at radius 1 is 1.00 bits per heavy atom. The Hall–Kier alpha value is -3.39. The van der Waals surface area contributed by atoms with Gasteiger partial charge in [-0.3, -0.25) is 0 Å². The fraction of sp³-hybridized carbons (Fsp3) is 0.107. The summed E-state index contributed by atoms with van der Waals surface area (Å²) in [7, 11) is 1.98. The van der Waals surface area contributed by atoms with Crippen LogP contribution in [0.3, 0.4) is 0 Å². The van der Waals surface area contributed by atoms with E-state index in [0.717, 1.165) is 27.9 Å². The van der Waals surface area contributed by atoms with Crippen LogP contribution in [0.5, 0.6) is 0 Å². The maximum atomic E-state index is 14.0. The summed E-state index contributed by atoms with van der Waals surface area (Å²) in [4.78, 5) is 14.6. The van der Waals surface area contributed by atoms with Crippen LogP contribution in [0.25, 0.3) is 11.1 Å². The third-order valence-corrected chi connectivity index (χ3v) is 7.59. The van der Waals surface area contributed by atoms with Gasteiger partial charge in [-0.05, 0) is 78.7 Å². The summed E-state index contributed by atoms with van der Waals surface area (Å²) in [6, 6.07) is 24.1. The molecule has 1 heterocycles. The average molecular weight is 523 g/mol. The molecule has 0 saturated carbocycles. The second-order valence-corrected chi connectivity index (χ2v) is 10.1. The second-order valence-electron chi connectivity index (χ2n) is 8.45. The molecule has 4 nitrogen and oxygen atoms in total. The lowest BCUT2D eigenvalue weighted by atomic mass is 10.0. The zero-order valence-electron chi connectivity index (χ0n) is 19.2. The third-order valence-electron chi connectivity index (χ3n) is 6.21. The van der Waals surface area contributed by atoms with E-state index in [4.69, 9.17) is 11.6 Å². The number of carboxylic acids is 1. The summed E-state index contributed by atoms with van der Waals surface area (Å²) in [5, 5.41) is 9.79. The number of aromatic carboxylic acids is 1. The Labute approximate surface area is 216 Å². The van der Waals surface area contributed by atoms with Crippen LogP contribution < -0.4 is 4.90 Å². The molecule has 1 aliphatic rings. The number of likely N-dealkylation sites (N-methyl/N-ethyl adjacent to an activating group) is 1. The highest BCUT2D eigenvalue weighted by molar-refractivity contribution is 7.97. The molecular formula is C28H21ClF2N2O2S. The SMILES string of the molecule is CN1Sc2cc(-c3ccc(F)c(C(=O)O)c3)c(Cl)cc2N(c2ccccc2)C[C@@H]1c1ccc(F)cc1. The fourth-order valence-electron chi connectivity index (χ4n) is 4.36. The minimum absolute atomic E-state index is 0.0742. The number of para-hydroxylation sites is 1. The van der Waals surface area contributed by atoms with Crippen molar-refractivity contribution in [2.24, 2.45) is 0 Å². The second kappa shape index (κ2) is 9.93. The summed E-state index contributed by atoms with van der Waals surface area (Å²) in [6.45, 7) is 0.585. The maximum absolute atomic E-state index is 14.0. The van der Waals surface area contributed by atoms with Crippen molar-refractivity contribution in [1.82, 2.24) is 4.31 Å². The van der Waals surface area contributed by atoms with Crippen LogP contribution in [0.1, 0.15) is 22.0 Å². The maximum Gasteiger partial charge on any atom is 0.338 e. The monoisotopic (exact) mass is 522 g/mol. The molecule has 182 valence electrons. The molecule has 0 radical (unpaired) electrons. The molecule has 1 atom stereocenters. The first kappa shape index (κ1) is 24.3. The van der Waals surface area contributed by atoms with E-state index < -0.39 is 17.3 Å². The van der Waals surface area contributed by atoms with E-state index in [-0.39, 0.29) is 11.9 Å². The van der Waals surface area contributed by atoms with E-state index in [1.54, 1.807) is 12.1 Å². The van der Waals surface area contributed by atoms with E-state index in [9.17, 15) is 18.7 Å². The number of hydrogen-bond donors (Lipinski definition) is 1. The van der Waals surface area contributed by atoms with Gasteiger partial charge in [0.25, 0.3) is 0 Å². The fourth-order valence-corrected chi connectivity index (χ4v) is 5.69. The predicted molar refractivity (Wildman–Crippen MR) is 140 cm³/mol. The molecule has 0 saturated heterocycles. The Morgan fingerprint density at radius 3 is 2.42 bits per heavy atom. The van der Waals surface area contributed by atoms with Gasteiger partial charge in [0.1, 0.15) is 11.6 Å². The number of nitrogens with zero attached hydrogens (tertiary/aromatic N) is 2. The van der Waals surface area contributed by atoms with Crippen molar-refractivity contribution in [2.45, 2.75) is 10.9 Å². The summed E-state index contributed by atoms with van der Waals surface area (Å²) in [5.41, 5.74) is 3.53. The van der Waals surface area contributed by atoms with Crippen LogP contribution in [0.15, 0.2) is 89.8 Å². The highest BCUT2D eigenvalue weighted by Gasteiger charge is 2.30. The van der Waals surface area contributed by atoms with Crippen LogP contribution in [0.4, 0.5) is 20.2 Å². The van der Waals surface area contributed by atoms with E-state index >= 15 is 0 Å². The number of anilines is 2. The molecule has 1 N–H and O–H groups in total. The topological polar surface area (TPSA) is 43.8 Å². The predicted octanol–water partition coefficient (Wildman–Crippen LogP) is 7.82. The number of carboxylic acid groups (broad SMARTS) is 1. The largest absolute Gasteiger partial charge is 0.478 e. The van der Waals surface area contributed by atoms with Gasteiger partial charge in [0.05, 0.1) is 22.3 Å². The van der Waals surface area contributed by atoms with E-state index in [1.807, 2.05) is 49.5 Å². The molecular weight excluding hydrogens is 502 g/mol. The van der Waals surface area contributed by atoms with Crippen molar-refractivity contribution >= 4 is 40.9 Å². The lowest BCUT2D eigenvalue weighted by Gasteiger charge is -2.30. The molecule has 0 fully saturated rings. The van der Waals surface area contributed by atoms with Gasteiger partial charge in [-0.1, -0.05) is 48.0 Å². The number of fused-ring (bicyclic) bond motifs is 1. The van der Waals surface area contributed by atoms with Crippen molar-refractivity contribution in [1.29, 1.82) is 0 Å². The van der Waals surface area contributed by atoms with Crippen LogP contribution in [-0.2, 0) is 0 Å². The van der Waals surface area contributed by atoms with E-state index in [2.05, 4.69) is 9.21 Å². The first-order valence-electron chi connectivity index (χ1n) is 11.2. The smallest absolute Gasteiger partial charge is 0.338 e. The number of carbonyl (C=O) groups is 1. The van der Waals surface area contributed by atoms with Crippen molar-refractivity contribution in [3.05, 3.63) is 113 Å². The van der Waals surface area contributed by atoms with Gasteiger partial charge in [0.2, 0.25) is 0 Å². The zero-order valence-corrected chi connectivity index (χ0v) is 20.7. The standard InChI is InChI=1S/C28H21ClF2N2O2S/c1-32-26(17-7-10-19(30)11-8-17)16-33(20-5-3-2-4-6-20)25-15-23(29)21(14-27(25)36-32)18-9-12-24(31)22(13-18)28(34)35/h2-15,26H,16H2,1H3,(H,34,35)/t26-/m1/s1. The van der Waals surface area contributed by atoms with Crippen LogP contribution in [0, 0.1) is 11.6 Å². The summed E-state index contributed by atoms with van der Waals surface area (Å²) < 4.78 is 29.8. The first-order valence-corrected chi connectivity index (χ1v) is 12.3. The van der Waals surface area contributed by atoms with Gasteiger partial charge in [-0.15, -0.1) is 0 Å². The molecule has 4 aromatic rings. The zero-order chi connectivity index (χ0) is 25.4. The lowest BCUT2D eigenvalue weighted by molar-refractivity contribution is 0.0692. The Balaban J connectivity index is 1.64. The molecule has 0 aromatic heterocycles. The van der Waals surface area contributed by atoms with E-state index in [0.29, 0.717) is 22.7 Å². The summed E-state index contributed by atoms with van der Waals surface area (Å²) >= 11 is 8.27. The van der Waals surface area contributed by atoms with Crippen molar-refractivity contribution in [3.63, 3.8) is 0 Å². The van der Waals surface area contributed by atoms with Gasteiger partial charge in [0, 0.05) is 22.7 Å². The molecule has 8 heteroatoms. The Bertz CT molecular complexity index is 1430. The van der Waals surface area contributed by atoms with Crippen LogP contribution in [0.2, 0.25) is 5.02 Å². The Kier molecular flexibility index (Phi) is 6.71. The van der Waals surface area contributed by atoms with Gasteiger partial charge in [0.15, 0.2) is 0 Å². The molecule has 5 rings (SSSR count). The van der Waals surface area contributed by atoms with Gasteiger partial charge >= 0.3 is 5.97 Å². The minimum Gasteiger partial charge on any atom is -0.478 e. The lowest BCUT2D eigenvalue weighted by Crippen LogP contribution is -2.28. The molecule has 0 unspecified atom stereocenters. The summed E-state index contributed by atoms with van der Waals surface area (Å²) in [5.74, 6) is -2.43. The normalized spacial score (nSPS) is 15.9. The molecule has 0 amide bonds. The van der Waals surface area contributed by atoms with Crippen LogP contribution in [-0.4, -0.2) is 29.0 Å². The van der Waals surface area contributed by atoms with Gasteiger partial charge < -0.3 is 10.0 Å². The summed E-state index contributed by atoms with van der Waals surface area (Å²) in [6.07, 6.45) is 0. The van der Waals surface area contributed by atoms with Gasteiger partial charge in [-0.2, -0.15) is 0 Å². The van der Waals surface area contributed by atoms with E-state index in [1.165, 1.54) is 36.2 Å². The number of hydrogen-bond acceptors (Lipinski definition) is 4. The highest BCUT2D eigenvalue weighted by atomic mass is 35.5. The van der Waals surface area contributed by atoms with Crippen molar-refractivity contribution in [2.75, 3.05) is 18.5 Å². The van der Waals surface area contributed by atoms with Gasteiger partial charge in [-0.25, -0.2) is 17.9 Å². The third kappa shape index (κ3) is 4.69. The first-order chi connectivity index (χ1) is 17.3. The van der Waals surface area contributed by atoms with Crippen molar-refractivity contribution < 1.29 is 18.7 Å². The average Bonchev–Trinajstić information content (AvgIpc) is 3.00. The quantitative estimate of drug-likeness (QED) is 0.277. The molecule has 0 spiro atoms. The van der Waals surface area contributed by atoms with Crippen molar-refractivity contribution in [3.8, 4) is 11.1 Å². The number of halogens is 3. The molecule has 0 bridgehead atoms. The molecule has 36 heavy (non-hydrogen) atoms. The van der Waals surface area contributed by atoms with Crippen LogP contribution >= 0.6 is 23.5 Å². The molecule has 1 aliphatic heterocycles. The number of benzene rings is 4. The Morgan fingerprint density at radius 2 is 1.72 bits per heavy atom.